The van der Waals surface area contributed by atoms with Crippen molar-refractivity contribution in [2.75, 3.05) is 24.6 Å². The average molecular weight is 264 g/mol. The number of amidine groups is 1. The van der Waals surface area contributed by atoms with Crippen LogP contribution in [0.2, 0.25) is 0 Å². The second-order valence-electron chi connectivity index (χ2n) is 3.84. The molecule has 1 aliphatic heterocycles. The molecule has 0 spiro atoms. The molecule has 0 aliphatic carbocycles. The van der Waals surface area contributed by atoms with Gasteiger partial charge in [0, 0.05) is 17.5 Å². The Hall–Kier alpha value is -0.230. The van der Waals surface area contributed by atoms with E-state index in [1.54, 1.807) is 18.7 Å². The quantitative estimate of drug-likeness (QED) is 0.785. The number of nitrogens with one attached hydrogen (secondary N) is 1. The topological polar surface area (TPSA) is 58.5 Å². The van der Waals surface area contributed by atoms with Crippen molar-refractivity contribution in [3.63, 3.8) is 0 Å². The fraction of sp³-hybridized carbons (Fsp3) is 0.900. The first-order valence-corrected chi connectivity index (χ1v) is 8.43. The van der Waals surface area contributed by atoms with Gasteiger partial charge in [-0.2, -0.15) is 0 Å². The Balaban J connectivity index is 2.21. The Kier molecular flexibility index (Phi) is 5.61. The van der Waals surface area contributed by atoms with Gasteiger partial charge in [0.25, 0.3) is 0 Å². The summed E-state index contributed by atoms with van der Waals surface area (Å²) in [7, 11) is -2.86. The zero-order valence-electron chi connectivity index (χ0n) is 9.90. The van der Waals surface area contributed by atoms with Crippen molar-refractivity contribution in [2.45, 2.75) is 31.9 Å². The summed E-state index contributed by atoms with van der Waals surface area (Å²) in [6, 6.07) is 0. The van der Waals surface area contributed by atoms with Crippen molar-refractivity contribution in [2.24, 2.45) is 4.99 Å². The largest absolute Gasteiger partial charge is 0.364 e. The van der Waals surface area contributed by atoms with Gasteiger partial charge < -0.3 is 5.32 Å². The van der Waals surface area contributed by atoms with Crippen LogP contribution in [0.1, 0.15) is 26.7 Å². The van der Waals surface area contributed by atoms with Gasteiger partial charge in [-0.05, 0) is 6.42 Å². The Labute approximate surface area is 102 Å². The van der Waals surface area contributed by atoms with Crippen molar-refractivity contribution in [3.05, 3.63) is 0 Å². The van der Waals surface area contributed by atoms with Gasteiger partial charge in [0.2, 0.25) is 0 Å². The van der Waals surface area contributed by atoms with Gasteiger partial charge in [-0.1, -0.05) is 32.0 Å². The average Bonchev–Trinajstić information content (AvgIpc) is 2.66. The summed E-state index contributed by atoms with van der Waals surface area (Å²) >= 11 is 1.74. The first-order chi connectivity index (χ1) is 7.57. The molecule has 0 aromatic carbocycles. The summed E-state index contributed by atoms with van der Waals surface area (Å²) in [5.74, 6) is 0.411. The summed E-state index contributed by atoms with van der Waals surface area (Å²) in [6.45, 7) is 5.18. The van der Waals surface area contributed by atoms with E-state index in [0.29, 0.717) is 11.8 Å². The molecule has 4 nitrogen and oxygen atoms in total. The molecule has 16 heavy (non-hydrogen) atoms. The molecule has 0 aromatic rings. The molecule has 1 unspecified atom stereocenters. The van der Waals surface area contributed by atoms with Crippen LogP contribution in [0.3, 0.4) is 0 Å². The molecule has 1 rings (SSSR count). The summed E-state index contributed by atoms with van der Waals surface area (Å²) in [5.41, 5.74) is 0. The molecule has 0 fully saturated rings. The molecule has 0 aromatic heterocycles. The molecule has 0 amide bonds. The minimum atomic E-state index is -2.86. The Bertz CT molecular complexity index is 339. The normalized spacial score (nSPS) is 20.9. The van der Waals surface area contributed by atoms with Crippen LogP contribution in [0, 0.1) is 0 Å². The maximum absolute atomic E-state index is 11.3. The third-order valence-electron chi connectivity index (χ3n) is 2.46. The summed E-state index contributed by atoms with van der Waals surface area (Å²) in [6.07, 6.45) is 2.34. The van der Waals surface area contributed by atoms with Crippen LogP contribution in [0.25, 0.3) is 0 Å². The highest BCUT2D eigenvalue weighted by atomic mass is 32.2. The van der Waals surface area contributed by atoms with E-state index in [0.717, 1.165) is 11.7 Å². The summed E-state index contributed by atoms with van der Waals surface area (Å²) in [4.78, 5) is 4.35. The lowest BCUT2D eigenvalue weighted by Crippen LogP contribution is -2.27. The van der Waals surface area contributed by atoms with Crippen LogP contribution in [-0.4, -0.2) is 43.4 Å². The van der Waals surface area contributed by atoms with Crippen molar-refractivity contribution in [1.29, 1.82) is 0 Å². The second kappa shape index (κ2) is 6.49. The first kappa shape index (κ1) is 13.8. The highest BCUT2D eigenvalue weighted by molar-refractivity contribution is 8.14. The number of aliphatic imine (C=N–C) groups is 1. The molecule has 0 saturated carbocycles. The Morgan fingerprint density at radius 3 is 2.88 bits per heavy atom. The zero-order chi connectivity index (χ0) is 12.0. The first-order valence-electron chi connectivity index (χ1n) is 5.72. The van der Waals surface area contributed by atoms with Gasteiger partial charge in [-0.25, -0.2) is 8.42 Å². The maximum atomic E-state index is 11.3. The number of rotatable bonds is 6. The molecule has 0 saturated heterocycles. The fourth-order valence-electron chi connectivity index (χ4n) is 1.44. The minimum absolute atomic E-state index is 0.196. The van der Waals surface area contributed by atoms with E-state index in [1.165, 1.54) is 12.8 Å². The predicted molar refractivity (Wildman–Crippen MR) is 70.9 cm³/mol. The molecule has 1 N–H and O–H groups in total. The number of sulfone groups is 1. The van der Waals surface area contributed by atoms with Crippen LogP contribution in [0.4, 0.5) is 0 Å². The van der Waals surface area contributed by atoms with Crippen LogP contribution in [-0.2, 0) is 9.84 Å². The number of thioether (sulfide) groups is 1. The Morgan fingerprint density at radius 2 is 2.25 bits per heavy atom. The number of hydrogen-bond acceptors (Lipinski definition) is 5. The third kappa shape index (κ3) is 4.74. The number of hydrogen-bond donors (Lipinski definition) is 1. The lowest BCUT2D eigenvalue weighted by molar-refractivity contribution is 0.596. The zero-order valence-corrected chi connectivity index (χ0v) is 11.5. The minimum Gasteiger partial charge on any atom is -0.364 e. The fourth-order valence-corrected chi connectivity index (χ4v) is 3.30. The van der Waals surface area contributed by atoms with Crippen molar-refractivity contribution < 1.29 is 8.42 Å². The van der Waals surface area contributed by atoms with Crippen molar-refractivity contribution >= 4 is 26.8 Å². The smallest absolute Gasteiger partial charge is 0.156 e. The molecule has 1 atom stereocenters. The molecule has 1 aliphatic rings. The van der Waals surface area contributed by atoms with Gasteiger partial charge in [0.1, 0.15) is 0 Å². The molecular weight excluding hydrogens is 244 g/mol. The van der Waals surface area contributed by atoms with Gasteiger partial charge >= 0.3 is 0 Å². The van der Waals surface area contributed by atoms with Crippen LogP contribution < -0.4 is 5.32 Å². The monoisotopic (exact) mass is 264 g/mol. The van der Waals surface area contributed by atoms with Crippen LogP contribution in [0.15, 0.2) is 4.99 Å². The molecule has 0 bridgehead atoms. The third-order valence-corrected chi connectivity index (χ3v) is 5.38. The summed E-state index contributed by atoms with van der Waals surface area (Å²) < 4.78 is 22.5. The van der Waals surface area contributed by atoms with E-state index in [2.05, 4.69) is 17.2 Å². The van der Waals surface area contributed by atoms with E-state index in [4.69, 9.17) is 0 Å². The van der Waals surface area contributed by atoms with E-state index < -0.39 is 9.84 Å². The van der Waals surface area contributed by atoms with Crippen molar-refractivity contribution in [3.8, 4) is 0 Å². The summed E-state index contributed by atoms with van der Waals surface area (Å²) in [5, 5.41) is 4.58. The SMILES string of the molecule is CCCC1CN=C(NCCS(=O)(=O)CC)S1. The standard InChI is InChI=1S/C10H20N2O2S2/c1-3-5-9-8-12-10(15-9)11-6-7-16(13,14)4-2/h9H,3-8H2,1-2H3,(H,11,12). The van der Waals surface area contributed by atoms with Crippen molar-refractivity contribution in [1.82, 2.24) is 5.32 Å². The van der Waals surface area contributed by atoms with Gasteiger partial charge in [0.15, 0.2) is 15.0 Å². The van der Waals surface area contributed by atoms with Gasteiger partial charge in [-0.3, -0.25) is 4.99 Å². The van der Waals surface area contributed by atoms with E-state index in [1.807, 2.05) is 0 Å². The van der Waals surface area contributed by atoms with E-state index in [-0.39, 0.29) is 11.5 Å². The van der Waals surface area contributed by atoms with Crippen LogP contribution in [0.5, 0.6) is 0 Å². The molecule has 1 heterocycles. The maximum Gasteiger partial charge on any atom is 0.156 e. The molecule has 6 heteroatoms. The van der Waals surface area contributed by atoms with Gasteiger partial charge in [0.05, 0.1) is 12.3 Å². The van der Waals surface area contributed by atoms with E-state index in [9.17, 15) is 8.42 Å². The molecule has 94 valence electrons. The van der Waals surface area contributed by atoms with Crippen LogP contribution >= 0.6 is 11.8 Å². The number of nitrogens with zero attached hydrogens (tertiary/aromatic N) is 1. The van der Waals surface area contributed by atoms with Gasteiger partial charge in [-0.15, -0.1) is 0 Å². The lowest BCUT2D eigenvalue weighted by Gasteiger charge is -2.07. The second-order valence-corrected chi connectivity index (χ2v) is 7.60. The lowest BCUT2D eigenvalue weighted by atomic mass is 10.2. The van der Waals surface area contributed by atoms with E-state index >= 15 is 0 Å². The molecule has 0 radical (unpaired) electrons. The molecular formula is C10H20N2O2S2. The highest BCUT2D eigenvalue weighted by Crippen LogP contribution is 2.23. The predicted octanol–water partition coefficient (Wildman–Crippen LogP) is 1.28. The highest BCUT2D eigenvalue weighted by Gasteiger charge is 2.18. The Morgan fingerprint density at radius 1 is 1.50 bits per heavy atom.